The van der Waals surface area contributed by atoms with Gasteiger partial charge >= 0.3 is 0 Å². The van der Waals surface area contributed by atoms with Crippen molar-refractivity contribution in [2.45, 2.75) is 25.9 Å². The summed E-state index contributed by atoms with van der Waals surface area (Å²) in [4.78, 5) is 4.42. The van der Waals surface area contributed by atoms with E-state index in [1.54, 1.807) is 0 Å². The maximum absolute atomic E-state index is 11.1. The maximum Gasteiger partial charge on any atom is 0.148 e. The number of hydrogen-bond donors (Lipinski definition) is 1. The normalized spacial score (nSPS) is 20.9. The van der Waals surface area contributed by atoms with E-state index < -0.39 is 9.84 Å². The minimum Gasteiger partial charge on any atom is -0.392 e. The van der Waals surface area contributed by atoms with Crippen molar-refractivity contribution in [3.05, 3.63) is 0 Å². The average Bonchev–Trinajstić information content (AvgIpc) is 2.28. The van der Waals surface area contributed by atoms with Crippen molar-refractivity contribution in [3.63, 3.8) is 0 Å². The van der Waals surface area contributed by atoms with Crippen molar-refractivity contribution >= 4 is 9.84 Å². The van der Waals surface area contributed by atoms with E-state index in [0.29, 0.717) is 12.5 Å². The van der Waals surface area contributed by atoms with Gasteiger partial charge < -0.3 is 14.9 Å². The van der Waals surface area contributed by atoms with Crippen LogP contribution in [0.25, 0.3) is 0 Å². The Labute approximate surface area is 117 Å². The zero-order valence-corrected chi connectivity index (χ0v) is 13.2. The number of β-amino-alcohol motifs (C(OH)–C–C–N with tert-alkyl or cyclic N) is 1. The first-order valence-corrected chi connectivity index (χ1v) is 9.09. The highest BCUT2D eigenvalue weighted by atomic mass is 32.2. The molecule has 0 aromatic rings. The van der Waals surface area contributed by atoms with Crippen molar-refractivity contribution in [1.82, 2.24) is 9.80 Å². The fraction of sp³-hybridized carbons (Fsp3) is 1.00. The molecule has 1 atom stereocenters. The first kappa shape index (κ1) is 16.9. The third kappa shape index (κ3) is 7.87. The zero-order valence-electron chi connectivity index (χ0n) is 12.4. The SMILES string of the molecule is C[C@H](O)CN1CCC(CN(C)CCS(C)(=O)=O)CC1. The van der Waals surface area contributed by atoms with Crippen LogP contribution in [0.1, 0.15) is 19.8 Å². The standard InChI is InChI=1S/C13H28N2O3S/c1-12(16)10-15-6-4-13(5-7-15)11-14(2)8-9-19(3,17)18/h12-13,16H,4-11H2,1-3H3/t12-/m0/s1. The van der Waals surface area contributed by atoms with Gasteiger partial charge in [0.15, 0.2) is 0 Å². The fourth-order valence-electron chi connectivity index (χ4n) is 2.58. The number of aliphatic hydroxyl groups is 1. The molecule has 0 aliphatic carbocycles. The Bertz CT molecular complexity index is 349. The van der Waals surface area contributed by atoms with Crippen LogP contribution in [0.4, 0.5) is 0 Å². The van der Waals surface area contributed by atoms with Crippen LogP contribution in [0.15, 0.2) is 0 Å². The van der Waals surface area contributed by atoms with Gasteiger partial charge in [-0.3, -0.25) is 0 Å². The highest BCUT2D eigenvalue weighted by Crippen LogP contribution is 2.18. The Morgan fingerprint density at radius 1 is 1.37 bits per heavy atom. The monoisotopic (exact) mass is 292 g/mol. The number of piperidine rings is 1. The lowest BCUT2D eigenvalue weighted by Crippen LogP contribution is -2.41. The van der Waals surface area contributed by atoms with Crippen molar-refractivity contribution in [1.29, 1.82) is 0 Å². The molecule has 1 heterocycles. The van der Waals surface area contributed by atoms with Crippen LogP contribution in [-0.4, -0.2) is 81.2 Å². The molecular weight excluding hydrogens is 264 g/mol. The van der Waals surface area contributed by atoms with Crippen molar-refractivity contribution in [2.75, 3.05) is 51.8 Å². The molecule has 1 N–H and O–H groups in total. The van der Waals surface area contributed by atoms with Crippen LogP contribution < -0.4 is 0 Å². The largest absolute Gasteiger partial charge is 0.392 e. The second-order valence-electron chi connectivity index (χ2n) is 5.99. The van der Waals surface area contributed by atoms with E-state index in [0.717, 1.165) is 39.0 Å². The minimum atomic E-state index is -2.86. The summed E-state index contributed by atoms with van der Waals surface area (Å²) in [7, 11) is -0.867. The molecule has 0 aromatic carbocycles. The average molecular weight is 292 g/mol. The molecule has 0 radical (unpaired) electrons. The van der Waals surface area contributed by atoms with Gasteiger partial charge in [0.2, 0.25) is 0 Å². The molecule has 1 saturated heterocycles. The van der Waals surface area contributed by atoms with Crippen LogP contribution in [-0.2, 0) is 9.84 Å². The molecule has 0 amide bonds. The summed E-state index contributed by atoms with van der Waals surface area (Å²) in [5.74, 6) is 0.888. The summed E-state index contributed by atoms with van der Waals surface area (Å²) in [5.41, 5.74) is 0. The quantitative estimate of drug-likeness (QED) is 0.719. The van der Waals surface area contributed by atoms with Gasteiger partial charge in [-0.15, -0.1) is 0 Å². The fourth-order valence-corrected chi connectivity index (χ4v) is 3.22. The number of rotatable bonds is 7. The number of likely N-dealkylation sites (tertiary alicyclic amines) is 1. The molecule has 0 aromatic heterocycles. The van der Waals surface area contributed by atoms with Gasteiger partial charge in [0.1, 0.15) is 9.84 Å². The smallest absolute Gasteiger partial charge is 0.148 e. The molecule has 1 aliphatic rings. The molecule has 1 aliphatic heterocycles. The molecule has 114 valence electrons. The van der Waals surface area contributed by atoms with Gasteiger partial charge in [-0.2, -0.15) is 0 Å². The van der Waals surface area contributed by atoms with Crippen molar-refractivity contribution < 1.29 is 13.5 Å². The lowest BCUT2D eigenvalue weighted by Gasteiger charge is -2.34. The first-order chi connectivity index (χ1) is 8.76. The molecule has 19 heavy (non-hydrogen) atoms. The molecule has 1 rings (SSSR count). The van der Waals surface area contributed by atoms with E-state index in [9.17, 15) is 13.5 Å². The predicted molar refractivity (Wildman–Crippen MR) is 78.1 cm³/mol. The van der Waals surface area contributed by atoms with Gasteiger partial charge in [-0.25, -0.2) is 8.42 Å². The third-order valence-electron chi connectivity index (χ3n) is 3.64. The van der Waals surface area contributed by atoms with Crippen LogP contribution in [0.3, 0.4) is 0 Å². The Balaban J connectivity index is 2.21. The summed E-state index contributed by atoms with van der Waals surface area (Å²) < 4.78 is 22.2. The second-order valence-corrected chi connectivity index (χ2v) is 8.24. The summed E-state index contributed by atoms with van der Waals surface area (Å²) in [5, 5.41) is 9.36. The Morgan fingerprint density at radius 3 is 2.42 bits per heavy atom. The van der Waals surface area contributed by atoms with Crippen LogP contribution in [0, 0.1) is 5.92 Å². The Morgan fingerprint density at radius 2 is 1.95 bits per heavy atom. The predicted octanol–water partition coefficient (Wildman–Crippen LogP) is 0.0556. The van der Waals surface area contributed by atoms with E-state index in [2.05, 4.69) is 9.80 Å². The van der Waals surface area contributed by atoms with Crippen LogP contribution in [0.2, 0.25) is 0 Å². The molecule has 0 spiro atoms. The van der Waals surface area contributed by atoms with E-state index in [4.69, 9.17) is 0 Å². The van der Waals surface area contributed by atoms with Gasteiger partial charge in [0.25, 0.3) is 0 Å². The summed E-state index contributed by atoms with van der Waals surface area (Å²) >= 11 is 0. The van der Waals surface area contributed by atoms with E-state index in [1.807, 2.05) is 14.0 Å². The Kier molecular flexibility index (Phi) is 6.73. The van der Waals surface area contributed by atoms with Crippen molar-refractivity contribution in [3.8, 4) is 0 Å². The summed E-state index contributed by atoms with van der Waals surface area (Å²) in [6, 6.07) is 0. The zero-order chi connectivity index (χ0) is 14.5. The molecule has 0 bridgehead atoms. The molecular formula is C13H28N2O3S. The molecule has 5 nitrogen and oxygen atoms in total. The van der Waals surface area contributed by atoms with Crippen LogP contribution in [0.5, 0.6) is 0 Å². The lowest BCUT2D eigenvalue weighted by molar-refractivity contribution is 0.0931. The second kappa shape index (κ2) is 7.57. The van der Waals surface area contributed by atoms with Gasteiger partial charge in [0.05, 0.1) is 11.9 Å². The lowest BCUT2D eigenvalue weighted by atomic mass is 9.96. The van der Waals surface area contributed by atoms with E-state index in [1.165, 1.54) is 6.26 Å². The topological polar surface area (TPSA) is 60.9 Å². The van der Waals surface area contributed by atoms with Gasteiger partial charge in [-0.1, -0.05) is 0 Å². The highest BCUT2D eigenvalue weighted by molar-refractivity contribution is 7.90. The van der Waals surface area contributed by atoms with Crippen LogP contribution >= 0.6 is 0 Å². The van der Waals surface area contributed by atoms with E-state index in [-0.39, 0.29) is 11.9 Å². The van der Waals surface area contributed by atoms with E-state index >= 15 is 0 Å². The highest BCUT2D eigenvalue weighted by Gasteiger charge is 2.21. The third-order valence-corrected chi connectivity index (χ3v) is 4.57. The first-order valence-electron chi connectivity index (χ1n) is 7.03. The maximum atomic E-state index is 11.1. The van der Waals surface area contributed by atoms with Gasteiger partial charge in [0, 0.05) is 25.9 Å². The Hall–Kier alpha value is -0.170. The number of sulfone groups is 1. The number of hydrogen-bond acceptors (Lipinski definition) is 5. The van der Waals surface area contributed by atoms with Gasteiger partial charge in [-0.05, 0) is 45.8 Å². The molecule has 0 saturated carbocycles. The van der Waals surface area contributed by atoms with Crippen molar-refractivity contribution in [2.24, 2.45) is 5.92 Å². The summed E-state index contributed by atoms with van der Waals surface area (Å²) in [6.45, 7) is 6.25. The minimum absolute atomic E-state index is 0.240. The summed E-state index contributed by atoms with van der Waals surface area (Å²) in [6.07, 6.45) is 3.30. The number of aliphatic hydroxyl groups excluding tert-OH is 1. The molecule has 0 unspecified atom stereocenters. The molecule has 6 heteroatoms. The molecule has 1 fully saturated rings. The number of nitrogens with zero attached hydrogens (tertiary/aromatic N) is 2.